The maximum atomic E-state index is 13.0. The fourth-order valence-corrected chi connectivity index (χ4v) is 2.67. The standard InChI is InChI=1S/C18H11F6N7O/c1-9(14-15(27-3-2-26-14)31-8-28-13(7-25)30-31)29-16(32)10-4-11(17(19,20)21)6-12(5-10)18(22,23)24/h2-6,8-9H,1H3,(H,29,32)/t9-/m1/s1. The second-order valence-electron chi connectivity index (χ2n) is 6.38. The molecule has 2 aromatic heterocycles. The van der Waals surface area contributed by atoms with Gasteiger partial charge in [0.25, 0.3) is 11.7 Å². The largest absolute Gasteiger partial charge is 0.416 e. The normalized spacial score (nSPS) is 12.8. The van der Waals surface area contributed by atoms with Crippen LogP contribution in [0, 0.1) is 11.3 Å². The first-order valence-corrected chi connectivity index (χ1v) is 8.63. The lowest BCUT2D eigenvalue weighted by Gasteiger charge is -2.17. The van der Waals surface area contributed by atoms with E-state index in [1.54, 1.807) is 6.07 Å². The van der Waals surface area contributed by atoms with Gasteiger partial charge in [0.15, 0.2) is 5.82 Å². The maximum absolute atomic E-state index is 13.0. The molecule has 0 saturated heterocycles. The van der Waals surface area contributed by atoms with Crippen molar-refractivity contribution in [2.75, 3.05) is 0 Å². The molecule has 1 aromatic carbocycles. The highest BCUT2D eigenvalue weighted by atomic mass is 19.4. The fourth-order valence-electron chi connectivity index (χ4n) is 2.67. The summed E-state index contributed by atoms with van der Waals surface area (Å²) in [6.07, 6.45) is -6.49. The zero-order valence-electron chi connectivity index (χ0n) is 15.9. The van der Waals surface area contributed by atoms with Crippen molar-refractivity contribution in [3.8, 4) is 11.9 Å². The van der Waals surface area contributed by atoms with Gasteiger partial charge in [-0.2, -0.15) is 36.3 Å². The Kier molecular flexibility index (Phi) is 5.84. The molecule has 1 N–H and O–H groups in total. The average Bonchev–Trinajstić information content (AvgIpc) is 3.21. The lowest BCUT2D eigenvalue weighted by molar-refractivity contribution is -0.143. The summed E-state index contributed by atoms with van der Waals surface area (Å²) >= 11 is 0. The first-order chi connectivity index (χ1) is 14.9. The van der Waals surface area contributed by atoms with E-state index in [0.29, 0.717) is 12.1 Å². The number of carbonyl (C=O) groups is 1. The van der Waals surface area contributed by atoms with Crippen LogP contribution in [-0.4, -0.2) is 30.6 Å². The molecule has 0 radical (unpaired) electrons. The maximum Gasteiger partial charge on any atom is 0.416 e. The van der Waals surface area contributed by atoms with Crippen LogP contribution < -0.4 is 5.32 Å². The third-order valence-electron chi connectivity index (χ3n) is 4.12. The average molecular weight is 455 g/mol. The van der Waals surface area contributed by atoms with Crippen molar-refractivity contribution < 1.29 is 31.1 Å². The Morgan fingerprint density at radius 2 is 1.62 bits per heavy atom. The third-order valence-corrected chi connectivity index (χ3v) is 4.12. The van der Waals surface area contributed by atoms with Gasteiger partial charge in [0, 0.05) is 18.0 Å². The summed E-state index contributed by atoms with van der Waals surface area (Å²) in [7, 11) is 0. The molecule has 0 spiro atoms. The minimum Gasteiger partial charge on any atom is -0.344 e. The molecule has 166 valence electrons. The number of amides is 1. The molecule has 2 heterocycles. The fraction of sp³-hybridized carbons (Fsp3) is 0.222. The smallest absolute Gasteiger partial charge is 0.344 e. The number of rotatable bonds is 4. The van der Waals surface area contributed by atoms with Gasteiger partial charge in [-0.05, 0) is 25.1 Å². The van der Waals surface area contributed by atoms with E-state index in [-0.39, 0.29) is 23.4 Å². The Balaban J connectivity index is 1.94. The Morgan fingerprint density at radius 1 is 1.03 bits per heavy atom. The second-order valence-corrected chi connectivity index (χ2v) is 6.38. The van der Waals surface area contributed by atoms with Crippen molar-refractivity contribution in [1.82, 2.24) is 30.0 Å². The predicted octanol–water partition coefficient (Wildman–Crippen LogP) is 3.46. The van der Waals surface area contributed by atoms with Gasteiger partial charge in [0.2, 0.25) is 0 Å². The molecule has 0 saturated carbocycles. The van der Waals surface area contributed by atoms with Crippen LogP contribution in [0.1, 0.15) is 46.0 Å². The number of alkyl halides is 6. The summed E-state index contributed by atoms with van der Waals surface area (Å²) in [5.41, 5.74) is -3.98. The number of hydrogen-bond donors (Lipinski definition) is 1. The van der Waals surface area contributed by atoms with Crippen molar-refractivity contribution in [1.29, 1.82) is 5.26 Å². The van der Waals surface area contributed by atoms with E-state index >= 15 is 0 Å². The van der Waals surface area contributed by atoms with Gasteiger partial charge in [-0.1, -0.05) is 0 Å². The number of benzene rings is 1. The second kappa shape index (κ2) is 8.25. The number of hydrogen-bond acceptors (Lipinski definition) is 6. The van der Waals surface area contributed by atoms with Gasteiger partial charge in [-0.25, -0.2) is 9.97 Å². The minimum atomic E-state index is -5.09. The van der Waals surface area contributed by atoms with E-state index in [1.165, 1.54) is 19.3 Å². The number of nitriles is 1. The summed E-state index contributed by atoms with van der Waals surface area (Å²) < 4.78 is 79.4. The van der Waals surface area contributed by atoms with Gasteiger partial charge in [0.1, 0.15) is 18.1 Å². The van der Waals surface area contributed by atoms with Crippen LogP contribution in [-0.2, 0) is 12.4 Å². The predicted molar refractivity (Wildman–Crippen MR) is 94.0 cm³/mol. The van der Waals surface area contributed by atoms with Crippen LogP contribution in [0.4, 0.5) is 26.3 Å². The summed E-state index contributed by atoms with van der Waals surface area (Å²) in [6, 6.07) is 1.28. The first kappa shape index (κ1) is 22.7. The minimum absolute atomic E-state index is 0.0503. The summed E-state index contributed by atoms with van der Waals surface area (Å²) in [5, 5.41) is 15.0. The monoisotopic (exact) mass is 455 g/mol. The number of aromatic nitrogens is 5. The summed E-state index contributed by atoms with van der Waals surface area (Å²) in [5.74, 6) is -1.32. The molecule has 0 aliphatic carbocycles. The van der Waals surface area contributed by atoms with Crippen molar-refractivity contribution in [2.45, 2.75) is 25.3 Å². The number of halogens is 6. The Bertz CT molecular complexity index is 1160. The molecular formula is C18H11F6N7O. The van der Waals surface area contributed by atoms with Crippen LogP contribution in [0.2, 0.25) is 0 Å². The molecule has 8 nitrogen and oxygen atoms in total. The van der Waals surface area contributed by atoms with Gasteiger partial charge < -0.3 is 5.32 Å². The van der Waals surface area contributed by atoms with E-state index < -0.39 is 41.0 Å². The van der Waals surface area contributed by atoms with E-state index in [2.05, 4.69) is 25.4 Å². The van der Waals surface area contributed by atoms with E-state index in [4.69, 9.17) is 5.26 Å². The van der Waals surface area contributed by atoms with E-state index in [9.17, 15) is 31.1 Å². The van der Waals surface area contributed by atoms with Gasteiger partial charge in [0.05, 0.1) is 17.2 Å². The summed E-state index contributed by atoms with van der Waals surface area (Å²) in [6.45, 7) is 1.39. The molecule has 14 heteroatoms. The van der Waals surface area contributed by atoms with Crippen molar-refractivity contribution in [2.24, 2.45) is 0 Å². The molecule has 3 aromatic rings. The molecule has 0 fully saturated rings. The zero-order valence-corrected chi connectivity index (χ0v) is 15.9. The molecule has 1 atom stereocenters. The van der Waals surface area contributed by atoms with E-state index in [0.717, 1.165) is 11.0 Å². The Labute approximate surface area is 175 Å². The molecular weight excluding hydrogens is 444 g/mol. The van der Waals surface area contributed by atoms with Crippen LogP contribution in [0.5, 0.6) is 0 Å². The molecule has 0 aliphatic rings. The lowest BCUT2D eigenvalue weighted by atomic mass is 10.0. The Hall–Kier alpha value is -4.02. The number of carbonyl (C=O) groups excluding carboxylic acids is 1. The SMILES string of the molecule is C[C@@H](NC(=O)c1cc(C(F)(F)F)cc(C(F)(F)F)c1)c1nccnc1-n1cnc(C#N)n1. The van der Waals surface area contributed by atoms with Gasteiger partial charge in [-0.3, -0.25) is 9.78 Å². The van der Waals surface area contributed by atoms with Crippen LogP contribution in [0.3, 0.4) is 0 Å². The molecule has 0 unspecified atom stereocenters. The number of nitrogens with one attached hydrogen (secondary N) is 1. The van der Waals surface area contributed by atoms with Crippen molar-refractivity contribution in [3.63, 3.8) is 0 Å². The quantitative estimate of drug-likeness (QED) is 0.604. The molecule has 3 rings (SSSR count). The topological polar surface area (TPSA) is 109 Å². The van der Waals surface area contributed by atoms with E-state index in [1.807, 2.05) is 0 Å². The molecule has 1 amide bonds. The molecule has 0 aliphatic heterocycles. The van der Waals surface area contributed by atoms with Crippen molar-refractivity contribution in [3.05, 3.63) is 65.1 Å². The van der Waals surface area contributed by atoms with Crippen LogP contribution >= 0.6 is 0 Å². The highest BCUT2D eigenvalue weighted by molar-refractivity contribution is 5.95. The zero-order chi connectivity index (χ0) is 23.7. The van der Waals surface area contributed by atoms with Gasteiger partial charge in [-0.15, -0.1) is 5.10 Å². The first-order valence-electron chi connectivity index (χ1n) is 8.63. The molecule has 0 bridgehead atoms. The molecule has 32 heavy (non-hydrogen) atoms. The van der Waals surface area contributed by atoms with Gasteiger partial charge >= 0.3 is 12.4 Å². The van der Waals surface area contributed by atoms with Crippen molar-refractivity contribution >= 4 is 5.91 Å². The Morgan fingerprint density at radius 3 is 2.16 bits per heavy atom. The third kappa shape index (κ3) is 4.82. The lowest BCUT2D eigenvalue weighted by Crippen LogP contribution is -2.29. The van der Waals surface area contributed by atoms with Crippen LogP contribution in [0.15, 0.2) is 36.9 Å². The number of nitrogens with zero attached hydrogens (tertiary/aromatic N) is 6. The van der Waals surface area contributed by atoms with Crippen LogP contribution in [0.25, 0.3) is 5.82 Å². The highest BCUT2D eigenvalue weighted by Crippen LogP contribution is 2.36. The summed E-state index contributed by atoms with van der Waals surface area (Å²) in [4.78, 5) is 24.3. The highest BCUT2D eigenvalue weighted by Gasteiger charge is 2.37.